The van der Waals surface area contributed by atoms with E-state index in [0.717, 1.165) is 6.54 Å². The van der Waals surface area contributed by atoms with Crippen molar-refractivity contribution in [3.8, 4) is 0 Å². The SMILES string of the molecule is COC(C)(C)C(=O)NCCN1CCCC1. The summed E-state index contributed by atoms with van der Waals surface area (Å²) in [6, 6.07) is 0. The van der Waals surface area contributed by atoms with Crippen molar-refractivity contribution in [3.05, 3.63) is 0 Å². The summed E-state index contributed by atoms with van der Waals surface area (Å²) in [6.45, 7) is 7.56. The fourth-order valence-electron chi connectivity index (χ4n) is 1.64. The molecule has 0 spiro atoms. The molecule has 0 atom stereocenters. The van der Waals surface area contributed by atoms with E-state index in [1.54, 1.807) is 21.0 Å². The first-order valence-electron chi connectivity index (χ1n) is 5.62. The predicted molar refractivity (Wildman–Crippen MR) is 59.8 cm³/mol. The molecule has 1 aliphatic rings. The number of nitrogens with zero attached hydrogens (tertiary/aromatic N) is 1. The van der Waals surface area contributed by atoms with Crippen molar-refractivity contribution in [2.75, 3.05) is 33.3 Å². The number of hydrogen-bond donors (Lipinski definition) is 1. The van der Waals surface area contributed by atoms with Gasteiger partial charge in [-0.15, -0.1) is 0 Å². The highest BCUT2D eigenvalue weighted by atomic mass is 16.5. The number of methoxy groups -OCH3 is 1. The van der Waals surface area contributed by atoms with Crippen molar-refractivity contribution in [3.63, 3.8) is 0 Å². The van der Waals surface area contributed by atoms with E-state index in [4.69, 9.17) is 4.74 Å². The molecule has 1 saturated heterocycles. The quantitative estimate of drug-likeness (QED) is 0.729. The van der Waals surface area contributed by atoms with Gasteiger partial charge < -0.3 is 15.0 Å². The molecule has 0 aromatic heterocycles. The predicted octanol–water partition coefficient (Wildman–Crippen LogP) is 0.623. The Balaban J connectivity index is 2.16. The highest BCUT2D eigenvalue weighted by molar-refractivity contribution is 5.84. The van der Waals surface area contributed by atoms with Gasteiger partial charge in [-0.05, 0) is 39.8 Å². The Kier molecular flexibility index (Phi) is 4.54. The van der Waals surface area contributed by atoms with Gasteiger partial charge in [0.2, 0.25) is 0 Å². The average Bonchev–Trinajstić information content (AvgIpc) is 2.70. The van der Waals surface area contributed by atoms with Crippen LogP contribution in [-0.4, -0.2) is 49.7 Å². The van der Waals surface area contributed by atoms with Crippen LogP contribution in [0.3, 0.4) is 0 Å². The molecular formula is C11H22N2O2. The molecule has 0 radical (unpaired) electrons. The lowest BCUT2D eigenvalue weighted by molar-refractivity contribution is -0.139. The Labute approximate surface area is 92.0 Å². The van der Waals surface area contributed by atoms with Crippen molar-refractivity contribution in [2.45, 2.75) is 32.3 Å². The van der Waals surface area contributed by atoms with Gasteiger partial charge in [0.05, 0.1) is 0 Å². The molecule has 0 aliphatic carbocycles. The van der Waals surface area contributed by atoms with Gasteiger partial charge in [0.1, 0.15) is 5.60 Å². The average molecular weight is 214 g/mol. The lowest BCUT2D eigenvalue weighted by Gasteiger charge is -2.22. The van der Waals surface area contributed by atoms with E-state index in [1.165, 1.54) is 25.9 Å². The van der Waals surface area contributed by atoms with E-state index in [-0.39, 0.29) is 5.91 Å². The van der Waals surface area contributed by atoms with Crippen LogP contribution >= 0.6 is 0 Å². The number of amides is 1. The summed E-state index contributed by atoms with van der Waals surface area (Å²) in [5, 5.41) is 2.90. The number of carbonyl (C=O) groups excluding carboxylic acids is 1. The van der Waals surface area contributed by atoms with Crippen LogP contribution < -0.4 is 5.32 Å². The maximum atomic E-state index is 11.6. The molecule has 1 amide bonds. The molecular weight excluding hydrogens is 192 g/mol. The zero-order valence-corrected chi connectivity index (χ0v) is 10.0. The van der Waals surface area contributed by atoms with Crippen molar-refractivity contribution in [1.82, 2.24) is 10.2 Å². The van der Waals surface area contributed by atoms with Crippen molar-refractivity contribution in [2.24, 2.45) is 0 Å². The summed E-state index contributed by atoms with van der Waals surface area (Å²) in [7, 11) is 1.56. The number of likely N-dealkylation sites (tertiary alicyclic amines) is 1. The van der Waals surface area contributed by atoms with Crippen LogP contribution in [0, 0.1) is 0 Å². The number of hydrogen-bond acceptors (Lipinski definition) is 3. The number of carbonyl (C=O) groups is 1. The summed E-state index contributed by atoms with van der Waals surface area (Å²) in [6.07, 6.45) is 2.58. The van der Waals surface area contributed by atoms with E-state index in [2.05, 4.69) is 10.2 Å². The second kappa shape index (κ2) is 5.47. The molecule has 88 valence electrons. The summed E-state index contributed by atoms with van der Waals surface area (Å²) < 4.78 is 5.10. The first kappa shape index (κ1) is 12.5. The lowest BCUT2D eigenvalue weighted by Crippen LogP contribution is -2.45. The summed E-state index contributed by atoms with van der Waals surface area (Å²) in [4.78, 5) is 14.0. The second-order valence-corrected chi connectivity index (χ2v) is 4.52. The standard InChI is InChI=1S/C11H22N2O2/c1-11(2,15-3)10(14)12-6-9-13-7-4-5-8-13/h4-9H2,1-3H3,(H,12,14). The Morgan fingerprint density at radius 2 is 2.00 bits per heavy atom. The fourth-order valence-corrected chi connectivity index (χ4v) is 1.64. The van der Waals surface area contributed by atoms with Crippen LogP contribution in [-0.2, 0) is 9.53 Å². The zero-order valence-electron chi connectivity index (χ0n) is 10.0. The minimum Gasteiger partial charge on any atom is -0.369 e. The monoisotopic (exact) mass is 214 g/mol. The first-order valence-corrected chi connectivity index (χ1v) is 5.62. The van der Waals surface area contributed by atoms with E-state index in [0.29, 0.717) is 6.54 Å². The van der Waals surface area contributed by atoms with Crippen molar-refractivity contribution >= 4 is 5.91 Å². The summed E-state index contributed by atoms with van der Waals surface area (Å²) in [5.41, 5.74) is -0.717. The molecule has 1 heterocycles. The molecule has 0 bridgehead atoms. The van der Waals surface area contributed by atoms with Crippen LogP contribution in [0.15, 0.2) is 0 Å². The third-order valence-electron chi connectivity index (χ3n) is 2.97. The van der Waals surface area contributed by atoms with E-state index < -0.39 is 5.60 Å². The van der Waals surface area contributed by atoms with E-state index in [9.17, 15) is 4.79 Å². The molecule has 1 N–H and O–H groups in total. The van der Waals surface area contributed by atoms with Crippen LogP contribution in [0.1, 0.15) is 26.7 Å². The normalized spacial score (nSPS) is 18.1. The van der Waals surface area contributed by atoms with Gasteiger partial charge in [0, 0.05) is 20.2 Å². The third kappa shape index (κ3) is 3.80. The minimum absolute atomic E-state index is 0.0378. The molecule has 0 saturated carbocycles. The topological polar surface area (TPSA) is 41.6 Å². The van der Waals surface area contributed by atoms with Crippen molar-refractivity contribution < 1.29 is 9.53 Å². The molecule has 15 heavy (non-hydrogen) atoms. The fraction of sp³-hybridized carbons (Fsp3) is 0.909. The lowest BCUT2D eigenvalue weighted by atomic mass is 10.1. The third-order valence-corrected chi connectivity index (χ3v) is 2.97. The zero-order chi connectivity index (χ0) is 11.3. The largest absolute Gasteiger partial charge is 0.369 e. The van der Waals surface area contributed by atoms with Crippen LogP contribution in [0.25, 0.3) is 0 Å². The van der Waals surface area contributed by atoms with E-state index >= 15 is 0 Å². The molecule has 1 fully saturated rings. The smallest absolute Gasteiger partial charge is 0.251 e. The molecule has 0 unspecified atom stereocenters. The number of nitrogens with one attached hydrogen (secondary N) is 1. The Morgan fingerprint density at radius 1 is 1.40 bits per heavy atom. The Hall–Kier alpha value is -0.610. The van der Waals surface area contributed by atoms with Gasteiger partial charge in [-0.25, -0.2) is 0 Å². The number of ether oxygens (including phenoxy) is 1. The van der Waals surface area contributed by atoms with Gasteiger partial charge in [-0.3, -0.25) is 4.79 Å². The highest BCUT2D eigenvalue weighted by Gasteiger charge is 2.26. The molecule has 4 heteroatoms. The molecule has 1 rings (SSSR count). The highest BCUT2D eigenvalue weighted by Crippen LogP contribution is 2.07. The van der Waals surface area contributed by atoms with Gasteiger partial charge >= 0.3 is 0 Å². The first-order chi connectivity index (χ1) is 7.06. The molecule has 1 aliphatic heterocycles. The van der Waals surface area contributed by atoms with Gasteiger partial charge in [-0.1, -0.05) is 0 Å². The summed E-state index contributed by atoms with van der Waals surface area (Å²) in [5.74, 6) is -0.0378. The van der Waals surface area contributed by atoms with Crippen LogP contribution in [0.2, 0.25) is 0 Å². The van der Waals surface area contributed by atoms with Crippen LogP contribution in [0.4, 0.5) is 0 Å². The Morgan fingerprint density at radius 3 is 2.53 bits per heavy atom. The minimum atomic E-state index is -0.717. The Bertz CT molecular complexity index is 211. The van der Waals surface area contributed by atoms with Crippen LogP contribution in [0.5, 0.6) is 0 Å². The maximum Gasteiger partial charge on any atom is 0.251 e. The summed E-state index contributed by atoms with van der Waals surface area (Å²) >= 11 is 0. The second-order valence-electron chi connectivity index (χ2n) is 4.52. The number of rotatable bonds is 5. The molecule has 0 aromatic carbocycles. The van der Waals surface area contributed by atoms with Gasteiger partial charge in [0.25, 0.3) is 5.91 Å². The van der Waals surface area contributed by atoms with Crippen molar-refractivity contribution in [1.29, 1.82) is 0 Å². The molecule has 4 nitrogen and oxygen atoms in total. The van der Waals surface area contributed by atoms with Gasteiger partial charge in [-0.2, -0.15) is 0 Å². The van der Waals surface area contributed by atoms with E-state index in [1.807, 2.05) is 0 Å². The molecule has 0 aromatic rings. The maximum absolute atomic E-state index is 11.6. The van der Waals surface area contributed by atoms with Gasteiger partial charge in [0.15, 0.2) is 0 Å².